The van der Waals surface area contributed by atoms with Gasteiger partial charge >= 0.3 is 0 Å². The van der Waals surface area contributed by atoms with Gasteiger partial charge in [-0.1, -0.05) is 64.5 Å². The summed E-state index contributed by atoms with van der Waals surface area (Å²) in [5, 5.41) is 6.32. The highest BCUT2D eigenvalue weighted by atomic mass is 79.9. The first-order valence-corrected chi connectivity index (χ1v) is 13.3. The topological polar surface area (TPSA) is 87.3 Å². The fraction of sp³-hybridized carbons (Fsp3) is 0.0741. The molecule has 6 nitrogen and oxygen atoms in total. The molecular weight excluding hydrogens is 526 g/mol. The fourth-order valence-electron chi connectivity index (χ4n) is 4.26. The van der Waals surface area contributed by atoms with Gasteiger partial charge in [0.25, 0.3) is 10.0 Å². The van der Waals surface area contributed by atoms with Crippen molar-refractivity contribution in [1.29, 1.82) is 0 Å². The second-order valence-corrected chi connectivity index (χ2v) is 10.8. The van der Waals surface area contributed by atoms with Crippen molar-refractivity contribution in [2.24, 2.45) is 0 Å². The van der Waals surface area contributed by atoms with E-state index in [0.29, 0.717) is 11.4 Å². The van der Waals surface area contributed by atoms with Crippen LogP contribution in [0.2, 0.25) is 0 Å². The van der Waals surface area contributed by atoms with Crippen LogP contribution in [0.5, 0.6) is 0 Å². The molecule has 3 N–H and O–H groups in total. The summed E-state index contributed by atoms with van der Waals surface area (Å²) in [6, 6.07) is 30.2. The van der Waals surface area contributed by atoms with E-state index in [1.165, 1.54) is 12.1 Å². The first-order chi connectivity index (χ1) is 16.9. The number of carbonyl (C=O) groups excluding carboxylic acids is 1. The first-order valence-electron chi connectivity index (χ1n) is 11.0. The van der Waals surface area contributed by atoms with Crippen LogP contribution in [-0.2, 0) is 14.8 Å². The highest BCUT2D eigenvalue weighted by Gasteiger charge is 2.38. The maximum Gasteiger partial charge on any atom is 0.261 e. The molecule has 4 aromatic carbocycles. The Morgan fingerprint density at radius 3 is 2.14 bits per heavy atom. The zero-order chi connectivity index (χ0) is 24.4. The predicted octanol–water partition coefficient (Wildman–Crippen LogP) is 5.81. The lowest BCUT2D eigenvalue weighted by Crippen LogP contribution is -2.36. The Kier molecular flexibility index (Phi) is 6.32. The first kappa shape index (κ1) is 23.1. The van der Waals surface area contributed by atoms with Crippen molar-refractivity contribution in [3.63, 3.8) is 0 Å². The molecule has 0 fully saturated rings. The molecule has 0 spiro atoms. The molecule has 0 saturated heterocycles. The highest BCUT2D eigenvalue weighted by molar-refractivity contribution is 9.10. The molecule has 1 aliphatic heterocycles. The lowest BCUT2D eigenvalue weighted by Gasteiger charge is -2.20. The number of nitrogens with one attached hydrogen (secondary N) is 3. The molecule has 0 radical (unpaired) electrons. The molecule has 8 heteroatoms. The average Bonchev–Trinajstić information content (AvgIpc) is 3.24. The maximum absolute atomic E-state index is 13.3. The molecule has 35 heavy (non-hydrogen) atoms. The van der Waals surface area contributed by atoms with Crippen LogP contribution < -0.4 is 15.4 Å². The van der Waals surface area contributed by atoms with Crippen molar-refractivity contribution in [3.05, 3.63) is 119 Å². The summed E-state index contributed by atoms with van der Waals surface area (Å²) < 4.78 is 29.3. The largest absolute Gasteiger partial charge is 0.373 e. The number of benzene rings is 4. The van der Waals surface area contributed by atoms with Gasteiger partial charge in [-0.2, -0.15) is 0 Å². The van der Waals surface area contributed by atoms with E-state index in [2.05, 4.69) is 31.3 Å². The van der Waals surface area contributed by atoms with Crippen molar-refractivity contribution < 1.29 is 13.2 Å². The van der Waals surface area contributed by atoms with E-state index in [0.717, 1.165) is 21.3 Å². The van der Waals surface area contributed by atoms with Crippen molar-refractivity contribution in [2.75, 3.05) is 15.4 Å². The molecule has 2 unspecified atom stereocenters. The van der Waals surface area contributed by atoms with Crippen LogP contribution >= 0.6 is 15.9 Å². The van der Waals surface area contributed by atoms with Gasteiger partial charge in [-0.3, -0.25) is 9.52 Å². The number of amides is 1. The zero-order valence-corrected chi connectivity index (χ0v) is 20.9. The van der Waals surface area contributed by atoms with E-state index < -0.39 is 16.1 Å². The van der Waals surface area contributed by atoms with Crippen LogP contribution in [-0.4, -0.2) is 20.4 Å². The van der Waals surface area contributed by atoms with Crippen molar-refractivity contribution in [1.82, 2.24) is 0 Å². The van der Waals surface area contributed by atoms with Crippen LogP contribution in [0.3, 0.4) is 0 Å². The fourth-order valence-corrected chi connectivity index (χ4v) is 5.58. The van der Waals surface area contributed by atoms with Gasteiger partial charge in [0.05, 0.1) is 4.90 Å². The molecule has 1 aliphatic rings. The molecule has 0 aromatic heterocycles. The molecule has 1 heterocycles. The summed E-state index contributed by atoms with van der Waals surface area (Å²) in [6.45, 7) is 0. The second-order valence-electron chi connectivity index (χ2n) is 8.23. The third-order valence-electron chi connectivity index (χ3n) is 5.89. The van der Waals surface area contributed by atoms with Crippen LogP contribution in [0.4, 0.5) is 17.1 Å². The summed E-state index contributed by atoms with van der Waals surface area (Å²) in [4.78, 5) is 13.5. The van der Waals surface area contributed by atoms with Gasteiger partial charge in [0.2, 0.25) is 5.91 Å². The minimum absolute atomic E-state index is 0.166. The van der Waals surface area contributed by atoms with Crippen molar-refractivity contribution >= 4 is 48.9 Å². The zero-order valence-electron chi connectivity index (χ0n) is 18.5. The number of rotatable bonds is 6. The van der Waals surface area contributed by atoms with E-state index in [9.17, 15) is 13.2 Å². The predicted molar refractivity (Wildman–Crippen MR) is 142 cm³/mol. The molecular formula is C27H22BrN3O3S. The Balaban J connectivity index is 1.47. The molecule has 4 aromatic rings. The van der Waals surface area contributed by atoms with E-state index in [4.69, 9.17) is 0 Å². The van der Waals surface area contributed by atoms with Crippen molar-refractivity contribution in [3.8, 4) is 0 Å². The quantitative estimate of drug-likeness (QED) is 0.284. The molecule has 1 amide bonds. The maximum atomic E-state index is 13.3. The van der Waals surface area contributed by atoms with Crippen LogP contribution in [0.1, 0.15) is 17.0 Å². The Bertz CT molecular complexity index is 1460. The monoisotopic (exact) mass is 547 g/mol. The molecule has 5 rings (SSSR count). The molecule has 0 bridgehead atoms. The molecule has 0 aliphatic carbocycles. The minimum Gasteiger partial charge on any atom is -0.373 e. The van der Waals surface area contributed by atoms with Gasteiger partial charge in [-0.15, -0.1) is 0 Å². The smallest absolute Gasteiger partial charge is 0.261 e. The van der Waals surface area contributed by atoms with E-state index in [1.54, 1.807) is 30.3 Å². The Hall–Kier alpha value is -3.62. The average molecular weight is 548 g/mol. The van der Waals surface area contributed by atoms with Gasteiger partial charge in [-0.05, 0) is 65.7 Å². The summed E-state index contributed by atoms with van der Waals surface area (Å²) in [6.07, 6.45) is 0. The number of hydrogen-bond acceptors (Lipinski definition) is 4. The number of hydrogen-bond donors (Lipinski definition) is 3. The van der Waals surface area contributed by atoms with Crippen LogP contribution in [0.25, 0.3) is 0 Å². The van der Waals surface area contributed by atoms with Crippen LogP contribution in [0.15, 0.2) is 112 Å². The summed E-state index contributed by atoms with van der Waals surface area (Å²) in [5.74, 6) is -0.467. The lowest BCUT2D eigenvalue weighted by atomic mass is 9.87. The van der Waals surface area contributed by atoms with E-state index in [-0.39, 0.29) is 16.7 Å². The van der Waals surface area contributed by atoms with E-state index >= 15 is 0 Å². The summed E-state index contributed by atoms with van der Waals surface area (Å²) >= 11 is 3.32. The third-order valence-corrected chi connectivity index (χ3v) is 7.82. The molecule has 0 saturated carbocycles. The number of fused-ring (bicyclic) bond motifs is 1. The Morgan fingerprint density at radius 2 is 1.46 bits per heavy atom. The Labute approximate surface area is 212 Å². The molecule has 2 atom stereocenters. The molecule has 176 valence electrons. The third kappa shape index (κ3) is 4.94. The lowest BCUT2D eigenvalue weighted by molar-refractivity contribution is -0.117. The van der Waals surface area contributed by atoms with Gasteiger partial charge in [0.15, 0.2) is 0 Å². The normalized spacial score (nSPS) is 16.7. The van der Waals surface area contributed by atoms with Gasteiger partial charge in [0.1, 0.15) is 6.04 Å². The number of para-hydroxylation sites is 1. The van der Waals surface area contributed by atoms with Crippen molar-refractivity contribution in [2.45, 2.75) is 16.9 Å². The standard InChI is InChI=1S/C27H22BrN3O3S/c28-19-11-14-22(15-12-19)35(33,34)31-21-13-16-24-23(17-21)25(18-7-3-1-4-8-18)26(30-24)27(32)29-20-9-5-2-6-10-20/h1-17,25-26,30-31H,(H,29,32). The number of sulfonamides is 1. The Morgan fingerprint density at radius 1 is 0.800 bits per heavy atom. The second kappa shape index (κ2) is 9.56. The SMILES string of the molecule is O=C(Nc1ccccc1)C1Nc2ccc(NS(=O)(=O)c3ccc(Br)cc3)cc2C1c1ccccc1. The summed E-state index contributed by atoms with van der Waals surface area (Å²) in [5.41, 5.74) is 3.74. The van der Waals surface area contributed by atoms with Gasteiger partial charge in [-0.25, -0.2) is 8.42 Å². The number of halogens is 1. The summed E-state index contributed by atoms with van der Waals surface area (Å²) in [7, 11) is -3.77. The van der Waals surface area contributed by atoms with Crippen LogP contribution in [0, 0.1) is 0 Å². The highest BCUT2D eigenvalue weighted by Crippen LogP contribution is 2.42. The van der Waals surface area contributed by atoms with Gasteiger partial charge in [0, 0.05) is 27.5 Å². The minimum atomic E-state index is -3.77. The number of anilines is 3. The number of carbonyl (C=O) groups is 1. The van der Waals surface area contributed by atoms with E-state index in [1.807, 2.05) is 60.7 Å². The van der Waals surface area contributed by atoms with Gasteiger partial charge < -0.3 is 10.6 Å².